The number of nitrogens with zero attached hydrogens (tertiary/aromatic N) is 3. The van der Waals surface area contributed by atoms with Gasteiger partial charge in [-0.1, -0.05) is 24.1 Å². The fraction of sp³-hybridized carbons (Fsp3) is 0.600. The third-order valence-electron chi connectivity index (χ3n) is 5.34. The number of carbonyl (C=O) groups excluding carboxylic acids is 2. The largest absolute Gasteiger partial charge is 0.329 e. The number of benzene rings is 1. The van der Waals surface area contributed by atoms with Crippen molar-refractivity contribution in [1.82, 2.24) is 9.80 Å². The van der Waals surface area contributed by atoms with Gasteiger partial charge in [-0.3, -0.25) is 9.59 Å². The van der Waals surface area contributed by atoms with Crippen molar-refractivity contribution in [3.05, 3.63) is 29.8 Å². The Kier molecular flexibility index (Phi) is 5.74. The standard InChI is InChI=1S/C20H29N3O2/c1-16-6-8-18(9-7-16)23-14-17(2)22(15-20(23)25)19(24)10-13-21-11-4-3-5-12-21/h6-9,17H,3-5,10-15H2,1-2H3/t17-/m0/s1. The number of aryl methyl sites for hydroxylation is 1. The molecule has 2 saturated heterocycles. The topological polar surface area (TPSA) is 43.9 Å². The number of likely N-dealkylation sites (tertiary alicyclic amines) is 1. The number of piperidine rings is 1. The van der Waals surface area contributed by atoms with Gasteiger partial charge in [0.1, 0.15) is 6.54 Å². The lowest BCUT2D eigenvalue weighted by atomic mass is 10.1. The summed E-state index contributed by atoms with van der Waals surface area (Å²) in [5, 5.41) is 0. The lowest BCUT2D eigenvalue weighted by Crippen LogP contribution is -2.57. The molecule has 0 bridgehead atoms. The first-order chi connectivity index (χ1) is 12.0. The van der Waals surface area contributed by atoms with Crippen molar-refractivity contribution >= 4 is 17.5 Å². The summed E-state index contributed by atoms with van der Waals surface area (Å²) in [5.41, 5.74) is 2.10. The SMILES string of the molecule is Cc1ccc(N2C[C@H](C)N(C(=O)CCN3CCCCC3)CC2=O)cc1. The Hall–Kier alpha value is -1.88. The Bertz CT molecular complexity index is 608. The fourth-order valence-electron chi connectivity index (χ4n) is 3.74. The highest BCUT2D eigenvalue weighted by atomic mass is 16.2. The van der Waals surface area contributed by atoms with Crippen LogP contribution in [0.25, 0.3) is 0 Å². The zero-order valence-corrected chi connectivity index (χ0v) is 15.4. The molecule has 2 amide bonds. The second-order valence-electron chi connectivity index (χ2n) is 7.36. The first-order valence-electron chi connectivity index (χ1n) is 9.43. The van der Waals surface area contributed by atoms with Crippen LogP contribution in [0.1, 0.15) is 38.2 Å². The van der Waals surface area contributed by atoms with E-state index in [-0.39, 0.29) is 24.4 Å². The van der Waals surface area contributed by atoms with Gasteiger partial charge in [0.25, 0.3) is 0 Å². The third kappa shape index (κ3) is 4.40. The van der Waals surface area contributed by atoms with E-state index in [1.807, 2.05) is 38.1 Å². The van der Waals surface area contributed by atoms with Gasteiger partial charge in [0.2, 0.25) is 11.8 Å². The van der Waals surface area contributed by atoms with E-state index in [0.717, 1.165) is 25.3 Å². The van der Waals surface area contributed by atoms with Gasteiger partial charge in [0.05, 0.1) is 0 Å². The molecule has 5 nitrogen and oxygen atoms in total. The van der Waals surface area contributed by atoms with Crippen LogP contribution in [0.2, 0.25) is 0 Å². The lowest BCUT2D eigenvalue weighted by molar-refractivity contribution is -0.139. The minimum absolute atomic E-state index is 0.00766. The lowest BCUT2D eigenvalue weighted by Gasteiger charge is -2.39. The van der Waals surface area contributed by atoms with Gasteiger partial charge in [0.15, 0.2) is 0 Å². The number of hydrogen-bond acceptors (Lipinski definition) is 3. The van der Waals surface area contributed by atoms with Crippen LogP contribution in [-0.4, -0.2) is 60.4 Å². The molecule has 2 heterocycles. The Labute approximate surface area is 150 Å². The predicted octanol–water partition coefficient (Wildman–Crippen LogP) is 2.43. The highest BCUT2D eigenvalue weighted by Crippen LogP contribution is 2.21. The maximum atomic E-state index is 12.6. The van der Waals surface area contributed by atoms with E-state index in [1.165, 1.54) is 24.8 Å². The van der Waals surface area contributed by atoms with Crippen molar-refractivity contribution < 1.29 is 9.59 Å². The van der Waals surface area contributed by atoms with Crippen LogP contribution in [0.15, 0.2) is 24.3 Å². The van der Waals surface area contributed by atoms with Crippen LogP contribution in [-0.2, 0) is 9.59 Å². The highest BCUT2D eigenvalue weighted by molar-refractivity contribution is 5.98. The van der Waals surface area contributed by atoms with Gasteiger partial charge < -0.3 is 14.7 Å². The summed E-state index contributed by atoms with van der Waals surface area (Å²) in [6.45, 7) is 7.84. The normalized spacial score (nSPS) is 22.3. The number of anilines is 1. The van der Waals surface area contributed by atoms with E-state index >= 15 is 0 Å². The van der Waals surface area contributed by atoms with Crippen LogP contribution in [0.3, 0.4) is 0 Å². The van der Waals surface area contributed by atoms with E-state index < -0.39 is 0 Å². The van der Waals surface area contributed by atoms with Crippen molar-refractivity contribution in [3.8, 4) is 0 Å². The molecule has 1 aromatic carbocycles. The molecule has 0 N–H and O–H groups in total. The summed E-state index contributed by atoms with van der Waals surface area (Å²) in [7, 11) is 0. The molecule has 0 spiro atoms. The fourth-order valence-corrected chi connectivity index (χ4v) is 3.74. The van der Waals surface area contributed by atoms with Gasteiger partial charge in [-0.05, 0) is 51.9 Å². The van der Waals surface area contributed by atoms with Crippen molar-refractivity contribution in [2.45, 2.75) is 45.6 Å². The van der Waals surface area contributed by atoms with Crippen LogP contribution < -0.4 is 4.90 Å². The molecule has 0 aromatic heterocycles. The van der Waals surface area contributed by atoms with E-state index in [1.54, 1.807) is 9.80 Å². The molecule has 0 aliphatic carbocycles. The summed E-state index contributed by atoms with van der Waals surface area (Å²) < 4.78 is 0. The number of carbonyl (C=O) groups is 2. The monoisotopic (exact) mass is 343 g/mol. The molecule has 2 fully saturated rings. The van der Waals surface area contributed by atoms with Crippen molar-refractivity contribution in [3.63, 3.8) is 0 Å². The van der Waals surface area contributed by atoms with Gasteiger partial charge in [0, 0.05) is 31.2 Å². The zero-order chi connectivity index (χ0) is 17.8. The molecule has 0 saturated carbocycles. The molecule has 0 radical (unpaired) electrons. The second kappa shape index (κ2) is 8.00. The Morgan fingerprint density at radius 1 is 1.12 bits per heavy atom. The van der Waals surface area contributed by atoms with Crippen LogP contribution >= 0.6 is 0 Å². The number of rotatable bonds is 4. The maximum Gasteiger partial charge on any atom is 0.246 e. The molecule has 1 aromatic rings. The summed E-state index contributed by atoms with van der Waals surface area (Å²) in [5.74, 6) is 0.114. The van der Waals surface area contributed by atoms with Crippen molar-refractivity contribution in [2.24, 2.45) is 0 Å². The number of hydrogen-bond donors (Lipinski definition) is 0. The van der Waals surface area contributed by atoms with Crippen LogP contribution in [0.5, 0.6) is 0 Å². The van der Waals surface area contributed by atoms with E-state index in [0.29, 0.717) is 13.0 Å². The third-order valence-corrected chi connectivity index (χ3v) is 5.34. The summed E-state index contributed by atoms with van der Waals surface area (Å²) in [4.78, 5) is 31.1. The number of piperazine rings is 1. The van der Waals surface area contributed by atoms with E-state index in [9.17, 15) is 9.59 Å². The minimum Gasteiger partial charge on any atom is -0.329 e. The average Bonchev–Trinajstić information content (AvgIpc) is 2.63. The Morgan fingerprint density at radius 3 is 2.48 bits per heavy atom. The molecular weight excluding hydrogens is 314 g/mol. The summed E-state index contributed by atoms with van der Waals surface area (Å²) in [6, 6.07) is 8.04. The zero-order valence-electron chi connectivity index (χ0n) is 15.4. The summed E-state index contributed by atoms with van der Waals surface area (Å²) in [6.07, 6.45) is 4.29. The first-order valence-corrected chi connectivity index (χ1v) is 9.43. The van der Waals surface area contributed by atoms with Gasteiger partial charge >= 0.3 is 0 Å². The molecule has 25 heavy (non-hydrogen) atoms. The first kappa shape index (κ1) is 17.9. The average molecular weight is 343 g/mol. The van der Waals surface area contributed by atoms with Gasteiger partial charge in [-0.15, -0.1) is 0 Å². The molecular formula is C20H29N3O2. The molecule has 0 unspecified atom stereocenters. The van der Waals surface area contributed by atoms with Crippen LogP contribution in [0.4, 0.5) is 5.69 Å². The summed E-state index contributed by atoms with van der Waals surface area (Å²) >= 11 is 0. The molecule has 1 atom stereocenters. The van der Waals surface area contributed by atoms with E-state index in [2.05, 4.69) is 4.90 Å². The van der Waals surface area contributed by atoms with Crippen molar-refractivity contribution in [2.75, 3.05) is 37.6 Å². The molecule has 5 heteroatoms. The minimum atomic E-state index is 0.00766. The predicted molar refractivity (Wildman–Crippen MR) is 99.6 cm³/mol. The van der Waals surface area contributed by atoms with Crippen molar-refractivity contribution in [1.29, 1.82) is 0 Å². The number of amides is 2. The van der Waals surface area contributed by atoms with Gasteiger partial charge in [-0.25, -0.2) is 0 Å². The quantitative estimate of drug-likeness (QED) is 0.843. The van der Waals surface area contributed by atoms with E-state index in [4.69, 9.17) is 0 Å². The molecule has 2 aliphatic heterocycles. The molecule has 136 valence electrons. The molecule has 2 aliphatic rings. The Balaban J connectivity index is 1.56. The highest BCUT2D eigenvalue weighted by Gasteiger charge is 2.33. The Morgan fingerprint density at radius 2 is 1.80 bits per heavy atom. The van der Waals surface area contributed by atoms with Crippen LogP contribution in [0, 0.1) is 6.92 Å². The van der Waals surface area contributed by atoms with Gasteiger partial charge in [-0.2, -0.15) is 0 Å². The molecule has 3 rings (SSSR count). The smallest absolute Gasteiger partial charge is 0.246 e. The second-order valence-corrected chi connectivity index (χ2v) is 7.36. The maximum absolute atomic E-state index is 12.6.